The van der Waals surface area contributed by atoms with E-state index < -0.39 is 11.9 Å². The average Bonchev–Trinajstić information content (AvgIpc) is 3.20. The molecule has 0 atom stereocenters. The summed E-state index contributed by atoms with van der Waals surface area (Å²) in [6.45, 7) is 1.92. The molecule has 5 rings (SSSR count). The summed E-state index contributed by atoms with van der Waals surface area (Å²) in [5, 5.41) is 2.15. The first-order valence-electron chi connectivity index (χ1n) is 10.5. The molecule has 0 N–H and O–H groups in total. The lowest BCUT2D eigenvalue weighted by Crippen LogP contribution is -2.08. The van der Waals surface area contributed by atoms with Crippen molar-refractivity contribution in [3.63, 3.8) is 0 Å². The van der Waals surface area contributed by atoms with Crippen LogP contribution in [0.25, 0.3) is 16.8 Å². The molecule has 5 heteroatoms. The molecule has 33 heavy (non-hydrogen) atoms. The highest BCUT2D eigenvalue weighted by molar-refractivity contribution is 6.13. The van der Waals surface area contributed by atoms with Gasteiger partial charge in [0.05, 0.1) is 5.56 Å². The molecular weight excluding hydrogens is 414 g/mol. The van der Waals surface area contributed by atoms with Crippen LogP contribution in [-0.4, -0.2) is 17.8 Å². The van der Waals surface area contributed by atoms with Gasteiger partial charge in [0.15, 0.2) is 5.70 Å². The van der Waals surface area contributed by atoms with E-state index in [4.69, 9.17) is 9.47 Å². The van der Waals surface area contributed by atoms with Crippen molar-refractivity contribution in [2.24, 2.45) is 4.99 Å². The Morgan fingerprint density at radius 1 is 0.879 bits per heavy atom. The number of nitrogens with zero attached hydrogens (tertiary/aromatic N) is 1. The van der Waals surface area contributed by atoms with Gasteiger partial charge in [-0.2, -0.15) is 0 Å². The first kappa shape index (κ1) is 20.4. The number of aliphatic imine (C=N–C) groups is 1. The maximum atomic E-state index is 12.3. The van der Waals surface area contributed by atoms with Crippen LogP contribution in [0, 0.1) is 6.92 Å². The minimum atomic E-state index is -0.506. The molecule has 0 aliphatic carbocycles. The number of esters is 2. The Balaban J connectivity index is 1.33. The molecule has 1 aliphatic rings. The van der Waals surface area contributed by atoms with Crippen LogP contribution in [-0.2, 0) is 9.53 Å². The normalized spacial score (nSPS) is 14.3. The maximum Gasteiger partial charge on any atom is 0.363 e. The van der Waals surface area contributed by atoms with Crippen molar-refractivity contribution < 1.29 is 19.1 Å². The van der Waals surface area contributed by atoms with Gasteiger partial charge in [-0.1, -0.05) is 60.2 Å². The first-order chi connectivity index (χ1) is 16.0. The minimum absolute atomic E-state index is 0.211. The molecule has 0 saturated heterocycles. The van der Waals surface area contributed by atoms with Crippen molar-refractivity contribution in [3.8, 4) is 5.75 Å². The number of carbonyl (C=O) groups is 2. The Labute approximate surface area is 190 Å². The lowest BCUT2D eigenvalue weighted by Gasteiger charge is -2.05. The van der Waals surface area contributed by atoms with E-state index in [0.29, 0.717) is 11.3 Å². The summed E-state index contributed by atoms with van der Waals surface area (Å²) in [6.07, 6.45) is 1.64. The molecule has 0 aromatic heterocycles. The number of aryl methyl sites for hydroxylation is 1. The molecule has 1 heterocycles. The summed E-state index contributed by atoms with van der Waals surface area (Å²) in [4.78, 5) is 29.0. The maximum absolute atomic E-state index is 12.3. The quantitative estimate of drug-likeness (QED) is 0.235. The highest BCUT2D eigenvalue weighted by atomic mass is 16.6. The standard InChI is InChI=1S/C28H19NO4/c1-18-5-4-8-23(15-18)27(30)32-24-13-9-19(10-14-24)16-25-28(31)33-26(29-25)22-12-11-20-6-2-3-7-21(20)17-22/h2-17H,1H3/b25-16-. The molecule has 1 aliphatic heterocycles. The van der Waals surface area contributed by atoms with Gasteiger partial charge in [-0.25, -0.2) is 14.6 Å². The molecule has 0 saturated carbocycles. The highest BCUT2D eigenvalue weighted by Crippen LogP contribution is 2.23. The SMILES string of the molecule is Cc1cccc(C(=O)Oc2ccc(/C=C3\N=C(c4ccc5ccccc5c4)OC3=O)cc2)c1. The molecule has 0 radical (unpaired) electrons. The molecule has 0 unspecified atom stereocenters. The second kappa shape index (κ2) is 8.55. The van der Waals surface area contributed by atoms with E-state index in [2.05, 4.69) is 4.99 Å². The minimum Gasteiger partial charge on any atom is -0.423 e. The number of hydrogen-bond donors (Lipinski definition) is 0. The van der Waals surface area contributed by atoms with E-state index in [1.54, 1.807) is 42.5 Å². The van der Waals surface area contributed by atoms with Crippen LogP contribution < -0.4 is 4.74 Å². The second-order valence-electron chi connectivity index (χ2n) is 7.73. The van der Waals surface area contributed by atoms with Gasteiger partial charge >= 0.3 is 11.9 Å². The van der Waals surface area contributed by atoms with Gasteiger partial charge in [-0.15, -0.1) is 0 Å². The van der Waals surface area contributed by atoms with Crippen LogP contribution >= 0.6 is 0 Å². The zero-order valence-corrected chi connectivity index (χ0v) is 17.8. The monoisotopic (exact) mass is 433 g/mol. The Hall–Kier alpha value is -4.51. The molecule has 4 aromatic carbocycles. The Morgan fingerprint density at radius 2 is 1.67 bits per heavy atom. The van der Waals surface area contributed by atoms with Crippen LogP contribution in [0.2, 0.25) is 0 Å². The molecule has 160 valence electrons. The lowest BCUT2D eigenvalue weighted by atomic mass is 10.1. The van der Waals surface area contributed by atoms with Gasteiger partial charge in [-0.3, -0.25) is 0 Å². The summed E-state index contributed by atoms with van der Waals surface area (Å²) in [7, 11) is 0. The van der Waals surface area contributed by atoms with Gasteiger partial charge in [0.1, 0.15) is 5.75 Å². The van der Waals surface area contributed by atoms with Crippen LogP contribution in [0.4, 0.5) is 0 Å². The van der Waals surface area contributed by atoms with Crippen LogP contribution in [0.15, 0.2) is 102 Å². The highest BCUT2D eigenvalue weighted by Gasteiger charge is 2.24. The number of ether oxygens (including phenoxy) is 2. The van der Waals surface area contributed by atoms with Crippen LogP contribution in [0.1, 0.15) is 27.0 Å². The molecule has 0 spiro atoms. The smallest absolute Gasteiger partial charge is 0.363 e. The van der Waals surface area contributed by atoms with E-state index in [1.165, 1.54) is 0 Å². The fraction of sp³-hybridized carbons (Fsp3) is 0.0357. The summed E-state index contributed by atoms with van der Waals surface area (Å²) < 4.78 is 10.8. The first-order valence-corrected chi connectivity index (χ1v) is 10.5. The number of rotatable bonds is 4. The van der Waals surface area contributed by atoms with Crippen LogP contribution in [0.3, 0.4) is 0 Å². The van der Waals surface area contributed by atoms with Crippen molar-refractivity contribution in [2.75, 3.05) is 0 Å². The van der Waals surface area contributed by atoms with Gasteiger partial charge in [-0.05, 0) is 65.7 Å². The van der Waals surface area contributed by atoms with Gasteiger partial charge < -0.3 is 9.47 Å². The topological polar surface area (TPSA) is 65.0 Å². The largest absolute Gasteiger partial charge is 0.423 e. The predicted molar refractivity (Wildman–Crippen MR) is 127 cm³/mol. The van der Waals surface area contributed by atoms with Crippen molar-refractivity contribution in [3.05, 3.63) is 119 Å². The Morgan fingerprint density at radius 3 is 2.45 bits per heavy atom. The second-order valence-corrected chi connectivity index (χ2v) is 7.73. The predicted octanol–water partition coefficient (Wildman–Crippen LogP) is 5.71. The van der Waals surface area contributed by atoms with Crippen molar-refractivity contribution >= 4 is 34.7 Å². The third-order valence-electron chi connectivity index (χ3n) is 5.26. The number of benzene rings is 4. The molecular formula is C28H19NO4. The average molecular weight is 433 g/mol. The fourth-order valence-corrected chi connectivity index (χ4v) is 3.58. The van der Waals surface area contributed by atoms with E-state index in [-0.39, 0.29) is 11.6 Å². The van der Waals surface area contributed by atoms with Crippen LogP contribution in [0.5, 0.6) is 5.75 Å². The summed E-state index contributed by atoms with van der Waals surface area (Å²) in [5.74, 6) is -0.236. The summed E-state index contributed by atoms with van der Waals surface area (Å²) in [6, 6.07) is 27.8. The molecule has 0 bridgehead atoms. The fourth-order valence-electron chi connectivity index (χ4n) is 3.58. The number of cyclic esters (lactones) is 1. The number of fused-ring (bicyclic) bond motifs is 1. The van der Waals surface area contributed by atoms with E-state index >= 15 is 0 Å². The van der Waals surface area contributed by atoms with E-state index in [1.807, 2.05) is 61.5 Å². The van der Waals surface area contributed by atoms with E-state index in [0.717, 1.165) is 27.5 Å². The van der Waals surface area contributed by atoms with Gasteiger partial charge in [0.2, 0.25) is 5.90 Å². The van der Waals surface area contributed by atoms with Gasteiger partial charge in [0, 0.05) is 5.56 Å². The summed E-state index contributed by atoms with van der Waals surface area (Å²) >= 11 is 0. The summed E-state index contributed by atoms with van der Waals surface area (Å²) in [5.41, 5.74) is 3.16. The third-order valence-corrected chi connectivity index (χ3v) is 5.26. The van der Waals surface area contributed by atoms with Gasteiger partial charge in [0.25, 0.3) is 0 Å². The molecule has 0 fully saturated rings. The third kappa shape index (κ3) is 4.43. The number of carbonyl (C=O) groups excluding carboxylic acids is 2. The molecule has 5 nitrogen and oxygen atoms in total. The molecule has 0 amide bonds. The Kier molecular flexibility index (Phi) is 5.29. The van der Waals surface area contributed by atoms with Crippen molar-refractivity contribution in [2.45, 2.75) is 6.92 Å². The number of hydrogen-bond acceptors (Lipinski definition) is 5. The van der Waals surface area contributed by atoms with Crippen molar-refractivity contribution in [1.29, 1.82) is 0 Å². The lowest BCUT2D eigenvalue weighted by molar-refractivity contribution is -0.129. The van der Waals surface area contributed by atoms with E-state index in [9.17, 15) is 9.59 Å². The zero-order chi connectivity index (χ0) is 22.8. The van der Waals surface area contributed by atoms with Crippen molar-refractivity contribution in [1.82, 2.24) is 0 Å². The molecule has 4 aromatic rings. The zero-order valence-electron chi connectivity index (χ0n) is 17.8. The Bertz CT molecular complexity index is 1450.